The number of halogens is 2. The second kappa shape index (κ2) is 3.62. The molecule has 0 aliphatic carbocycles. The Balaban J connectivity index is 2.96. The van der Waals surface area contributed by atoms with Crippen molar-refractivity contribution in [3.05, 3.63) is 36.4 Å². The summed E-state index contributed by atoms with van der Waals surface area (Å²) in [6.07, 6.45) is 0. The summed E-state index contributed by atoms with van der Waals surface area (Å²) in [6, 6.07) is 3.69. The summed E-state index contributed by atoms with van der Waals surface area (Å²) >= 11 is 5.58. The monoisotopic (exact) mass is 364 g/mol. The zero-order valence-electron chi connectivity index (χ0n) is 7.27. The van der Waals surface area contributed by atoms with Crippen LogP contribution in [0.5, 0.6) is 0 Å². The lowest BCUT2D eigenvalue weighted by Crippen LogP contribution is -2.09. The van der Waals surface area contributed by atoms with Crippen molar-refractivity contribution < 1.29 is 0 Å². The molecule has 0 spiro atoms. The summed E-state index contributed by atoms with van der Waals surface area (Å²) < 4.78 is 1.97. The van der Waals surface area contributed by atoms with Crippen LogP contribution in [0.25, 0.3) is 10.9 Å². The Morgan fingerprint density at radius 1 is 1.50 bits per heavy atom. The number of rotatable bonds is 0. The Hall–Kier alpha value is -0.430. The first-order chi connectivity index (χ1) is 6.58. The van der Waals surface area contributed by atoms with Gasteiger partial charge in [-0.05, 0) is 57.6 Å². The predicted molar refractivity (Wildman–Crippen MR) is 67.5 cm³/mol. The number of fused-ring (bicyclic) bond motifs is 1. The molecule has 0 radical (unpaired) electrons. The van der Waals surface area contributed by atoms with E-state index in [1.165, 1.54) is 0 Å². The van der Waals surface area contributed by atoms with Crippen LogP contribution in [-0.4, -0.2) is 9.97 Å². The highest BCUT2D eigenvalue weighted by Crippen LogP contribution is 2.22. The molecular weight excluding hydrogens is 359 g/mol. The highest BCUT2D eigenvalue weighted by Gasteiger charge is 2.04. The summed E-state index contributed by atoms with van der Waals surface area (Å²) in [5, 5.41) is 0.628. The highest BCUT2D eigenvalue weighted by atomic mass is 127. The van der Waals surface area contributed by atoms with Gasteiger partial charge in [0.05, 0.1) is 10.9 Å². The van der Waals surface area contributed by atoms with Crippen molar-refractivity contribution >= 4 is 49.4 Å². The minimum absolute atomic E-state index is 0.0853. The lowest BCUT2D eigenvalue weighted by molar-refractivity contribution is 1.06. The molecule has 2 aromatic rings. The van der Waals surface area contributed by atoms with Gasteiger partial charge in [0.2, 0.25) is 0 Å². The summed E-state index contributed by atoms with van der Waals surface area (Å²) in [5.74, 6) is 0.635. The van der Waals surface area contributed by atoms with Crippen LogP contribution in [0.4, 0.5) is 0 Å². The number of hydrogen-bond donors (Lipinski definition) is 1. The largest absolute Gasteiger partial charge is 0.310 e. The fourth-order valence-electron chi connectivity index (χ4n) is 1.25. The van der Waals surface area contributed by atoms with Crippen molar-refractivity contribution in [2.75, 3.05) is 0 Å². The van der Waals surface area contributed by atoms with Crippen LogP contribution in [0.1, 0.15) is 5.82 Å². The van der Waals surface area contributed by atoms with E-state index in [0.29, 0.717) is 11.2 Å². The van der Waals surface area contributed by atoms with Gasteiger partial charge in [-0.3, -0.25) is 4.79 Å². The zero-order valence-corrected chi connectivity index (χ0v) is 11.0. The third kappa shape index (κ3) is 1.70. The summed E-state index contributed by atoms with van der Waals surface area (Å²) in [5.41, 5.74) is 0.636. The normalized spacial score (nSPS) is 10.8. The minimum Gasteiger partial charge on any atom is -0.310 e. The fraction of sp³-hybridized carbons (Fsp3) is 0.111. The average molecular weight is 365 g/mol. The van der Waals surface area contributed by atoms with Crippen LogP contribution < -0.4 is 5.56 Å². The Kier molecular flexibility index (Phi) is 2.61. The molecule has 72 valence electrons. The molecule has 14 heavy (non-hydrogen) atoms. The molecule has 0 saturated heterocycles. The van der Waals surface area contributed by atoms with Gasteiger partial charge in [-0.25, -0.2) is 4.98 Å². The second-order valence-corrected chi connectivity index (χ2v) is 4.95. The molecule has 0 aliphatic rings. The third-order valence-corrected chi connectivity index (χ3v) is 4.16. The first-order valence-corrected chi connectivity index (χ1v) is 5.81. The van der Waals surface area contributed by atoms with Crippen LogP contribution in [0.3, 0.4) is 0 Å². The van der Waals surface area contributed by atoms with Crippen molar-refractivity contribution in [2.45, 2.75) is 6.92 Å². The van der Waals surface area contributed by atoms with E-state index < -0.39 is 0 Å². The smallest absolute Gasteiger partial charge is 0.258 e. The first kappa shape index (κ1) is 10.1. The zero-order chi connectivity index (χ0) is 10.3. The standard InChI is InChI=1S/C9H6BrIN2O/c1-4-12-8-3-6(10)7(11)2-5(8)9(14)13-4/h2-3H,1H3,(H,12,13,14). The van der Waals surface area contributed by atoms with E-state index in [9.17, 15) is 4.79 Å². The quantitative estimate of drug-likeness (QED) is 0.730. The van der Waals surface area contributed by atoms with Crippen molar-refractivity contribution in [1.82, 2.24) is 9.97 Å². The molecule has 0 amide bonds. The average Bonchev–Trinajstić information content (AvgIpc) is 2.08. The maximum atomic E-state index is 11.5. The maximum absolute atomic E-state index is 11.5. The second-order valence-electron chi connectivity index (χ2n) is 2.93. The Bertz CT molecular complexity index is 564. The summed E-state index contributed by atoms with van der Waals surface area (Å²) in [4.78, 5) is 18.5. The van der Waals surface area contributed by atoms with Gasteiger partial charge in [0, 0.05) is 8.04 Å². The Morgan fingerprint density at radius 3 is 2.93 bits per heavy atom. The SMILES string of the molecule is Cc1nc2cc(Br)c(I)cc2c(=O)[nH]1. The molecule has 0 bridgehead atoms. The van der Waals surface area contributed by atoms with Gasteiger partial charge >= 0.3 is 0 Å². The van der Waals surface area contributed by atoms with Gasteiger partial charge in [0.25, 0.3) is 5.56 Å². The molecule has 2 rings (SSSR count). The molecule has 3 nitrogen and oxygen atoms in total. The van der Waals surface area contributed by atoms with Crippen LogP contribution in [0.2, 0.25) is 0 Å². The van der Waals surface area contributed by atoms with Crippen LogP contribution in [0, 0.1) is 10.5 Å². The third-order valence-electron chi connectivity index (χ3n) is 1.87. The first-order valence-electron chi connectivity index (χ1n) is 3.93. The number of H-pyrrole nitrogens is 1. The van der Waals surface area contributed by atoms with E-state index in [1.807, 2.05) is 12.1 Å². The van der Waals surface area contributed by atoms with E-state index >= 15 is 0 Å². The van der Waals surface area contributed by atoms with Crippen molar-refractivity contribution in [1.29, 1.82) is 0 Å². The van der Waals surface area contributed by atoms with E-state index in [1.54, 1.807) is 6.92 Å². The number of aromatic amines is 1. The molecule has 0 atom stereocenters. The van der Waals surface area contributed by atoms with Crippen LogP contribution in [-0.2, 0) is 0 Å². The number of aromatic nitrogens is 2. The van der Waals surface area contributed by atoms with Gasteiger partial charge in [-0.1, -0.05) is 0 Å². The number of aryl methyl sites for hydroxylation is 1. The lowest BCUT2D eigenvalue weighted by atomic mass is 10.2. The number of hydrogen-bond acceptors (Lipinski definition) is 2. The van der Waals surface area contributed by atoms with Gasteiger partial charge in [0.15, 0.2) is 0 Å². The van der Waals surface area contributed by atoms with Gasteiger partial charge in [0.1, 0.15) is 5.82 Å². The molecule has 0 unspecified atom stereocenters. The van der Waals surface area contributed by atoms with Gasteiger partial charge in [-0.2, -0.15) is 0 Å². The van der Waals surface area contributed by atoms with Crippen LogP contribution >= 0.6 is 38.5 Å². The topological polar surface area (TPSA) is 45.8 Å². The Labute approximate surface area is 102 Å². The molecule has 0 aliphatic heterocycles. The number of benzene rings is 1. The molecule has 0 saturated carbocycles. The fourth-order valence-corrected chi connectivity index (χ4v) is 2.05. The molecule has 0 fully saturated rings. The van der Waals surface area contributed by atoms with E-state index in [4.69, 9.17) is 0 Å². The lowest BCUT2D eigenvalue weighted by Gasteiger charge is -2.01. The van der Waals surface area contributed by atoms with E-state index in [0.717, 1.165) is 13.6 Å². The number of nitrogens with one attached hydrogen (secondary N) is 1. The van der Waals surface area contributed by atoms with Gasteiger partial charge < -0.3 is 4.98 Å². The van der Waals surface area contributed by atoms with Gasteiger partial charge in [-0.15, -0.1) is 0 Å². The van der Waals surface area contributed by atoms with E-state index in [2.05, 4.69) is 48.5 Å². The molecule has 5 heteroatoms. The molecule has 1 aromatic carbocycles. The minimum atomic E-state index is -0.0853. The summed E-state index contributed by atoms with van der Waals surface area (Å²) in [7, 11) is 0. The highest BCUT2D eigenvalue weighted by molar-refractivity contribution is 14.1. The molecule has 1 heterocycles. The maximum Gasteiger partial charge on any atom is 0.258 e. The van der Waals surface area contributed by atoms with Crippen LogP contribution in [0.15, 0.2) is 21.4 Å². The molecule has 1 N–H and O–H groups in total. The molecular formula is C9H6BrIN2O. The van der Waals surface area contributed by atoms with Crippen molar-refractivity contribution in [3.63, 3.8) is 0 Å². The predicted octanol–water partition coefficient (Wildman–Crippen LogP) is 2.60. The molecule has 1 aromatic heterocycles. The Morgan fingerprint density at radius 2 is 2.21 bits per heavy atom. The van der Waals surface area contributed by atoms with E-state index in [-0.39, 0.29) is 5.56 Å². The number of nitrogens with zero attached hydrogens (tertiary/aromatic N) is 1. The van der Waals surface area contributed by atoms with Crippen molar-refractivity contribution in [3.8, 4) is 0 Å². The van der Waals surface area contributed by atoms with Crippen molar-refractivity contribution in [2.24, 2.45) is 0 Å². The summed E-state index contributed by atoms with van der Waals surface area (Å²) in [6.45, 7) is 1.77.